The van der Waals surface area contributed by atoms with E-state index in [1.807, 2.05) is 48.5 Å². The summed E-state index contributed by atoms with van der Waals surface area (Å²) in [6, 6.07) is 15.4. The highest BCUT2D eigenvalue weighted by Gasteiger charge is 2.13. The standard InChI is InChI=1S/C19H18N4O3S/c1-24-14-9-7-13(8-10-14)11-17-20-21-19-23(17)22-18(27-19)12-26-16-6-4-3-5-15(16)25-2/h3-10H,11-12H2,1-2H3. The minimum absolute atomic E-state index is 0.344. The average molecular weight is 382 g/mol. The van der Waals surface area contributed by atoms with Gasteiger partial charge in [0.15, 0.2) is 22.3 Å². The Morgan fingerprint density at radius 2 is 1.70 bits per heavy atom. The van der Waals surface area contributed by atoms with Gasteiger partial charge >= 0.3 is 0 Å². The van der Waals surface area contributed by atoms with Crippen LogP contribution in [0, 0.1) is 0 Å². The fourth-order valence-electron chi connectivity index (χ4n) is 2.67. The highest BCUT2D eigenvalue weighted by molar-refractivity contribution is 7.16. The SMILES string of the molecule is COc1ccc(Cc2nnc3sc(COc4ccccc4OC)nn23)cc1. The molecular formula is C19H18N4O3S. The van der Waals surface area contributed by atoms with Crippen LogP contribution in [-0.2, 0) is 13.0 Å². The van der Waals surface area contributed by atoms with Crippen LogP contribution in [-0.4, -0.2) is 34.0 Å². The van der Waals surface area contributed by atoms with E-state index in [0.717, 1.165) is 27.1 Å². The van der Waals surface area contributed by atoms with Gasteiger partial charge in [0.1, 0.15) is 12.4 Å². The minimum Gasteiger partial charge on any atom is -0.497 e. The highest BCUT2D eigenvalue weighted by atomic mass is 32.1. The lowest BCUT2D eigenvalue weighted by Crippen LogP contribution is -2.01. The number of ether oxygens (including phenoxy) is 3. The molecule has 7 nitrogen and oxygen atoms in total. The molecule has 0 N–H and O–H groups in total. The topological polar surface area (TPSA) is 70.8 Å². The molecule has 2 aromatic carbocycles. The molecule has 0 amide bonds. The molecule has 8 heteroatoms. The number of aromatic nitrogens is 4. The van der Waals surface area contributed by atoms with Gasteiger partial charge in [-0.1, -0.05) is 35.6 Å². The Morgan fingerprint density at radius 3 is 2.44 bits per heavy atom. The minimum atomic E-state index is 0.344. The number of methoxy groups -OCH3 is 2. The van der Waals surface area contributed by atoms with Crippen LogP contribution in [0.1, 0.15) is 16.4 Å². The van der Waals surface area contributed by atoms with Crippen molar-refractivity contribution in [3.8, 4) is 17.2 Å². The van der Waals surface area contributed by atoms with Gasteiger partial charge in [0.05, 0.1) is 14.2 Å². The lowest BCUT2D eigenvalue weighted by molar-refractivity contribution is 0.283. The van der Waals surface area contributed by atoms with Crippen molar-refractivity contribution < 1.29 is 14.2 Å². The summed E-state index contributed by atoms with van der Waals surface area (Å²) in [7, 11) is 3.28. The maximum atomic E-state index is 5.84. The number of para-hydroxylation sites is 2. The largest absolute Gasteiger partial charge is 0.497 e. The van der Waals surface area contributed by atoms with Gasteiger partial charge in [-0.05, 0) is 29.8 Å². The molecule has 0 bridgehead atoms. The van der Waals surface area contributed by atoms with Crippen LogP contribution in [0.5, 0.6) is 17.2 Å². The number of hydrogen-bond acceptors (Lipinski definition) is 7. The third-order valence-corrected chi connectivity index (χ3v) is 4.91. The van der Waals surface area contributed by atoms with E-state index in [9.17, 15) is 0 Å². The maximum Gasteiger partial charge on any atom is 0.234 e. The van der Waals surface area contributed by atoms with Crippen LogP contribution in [0.25, 0.3) is 4.96 Å². The molecule has 138 valence electrons. The number of hydrogen-bond donors (Lipinski definition) is 0. The van der Waals surface area contributed by atoms with E-state index in [0.29, 0.717) is 24.5 Å². The zero-order chi connectivity index (χ0) is 18.6. The Hall–Kier alpha value is -3.13. The number of rotatable bonds is 7. The first kappa shape index (κ1) is 17.3. The number of fused-ring (bicyclic) bond motifs is 1. The van der Waals surface area contributed by atoms with Crippen LogP contribution in [0.15, 0.2) is 48.5 Å². The maximum absolute atomic E-state index is 5.84. The fourth-order valence-corrected chi connectivity index (χ4v) is 3.43. The highest BCUT2D eigenvalue weighted by Crippen LogP contribution is 2.27. The molecular weight excluding hydrogens is 364 g/mol. The predicted molar refractivity (Wildman–Crippen MR) is 102 cm³/mol. The lowest BCUT2D eigenvalue weighted by Gasteiger charge is -2.08. The van der Waals surface area contributed by atoms with Gasteiger partial charge in [-0.15, -0.1) is 10.2 Å². The predicted octanol–water partition coefficient (Wildman–Crippen LogP) is 3.37. The Morgan fingerprint density at radius 1 is 0.926 bits per heavy atom. The normalized spacial score (nSPS) is 10.9. The molecule has 2 heterocycles. The third kappa shape index (κ3) is 3.70. The summed E-state index contributed by atoms with van der Waals surface area (Å²) in [6.45, 7) is 0.344. The summed E-state index contributed by atoms with van der Waals surface area (Å²) in [5.74, 6) is 3.00. The van der Waals surface area contributed by atoms with E-state index < -0.39 is 0 Å². The van der Waals surface area contributed by atoms with Gasteiger partial charge in [0.2, 0.25) is 4.96 Å². The van der Waals surface area contributed by atoms with Gasteiger partial charge < -0.3 is 14.2 Å². The van der Waals surface area contributed by atoms with E-state index in [4.69, 9.17) is 14.2 Å². The monoisotopic (exact) mass is 382 g/mol. The van der Waals surface area contributed by atoms with Crippen molar-refractivity contribution in [1.29, 1.82) is 0 Å². The second kappa shape index (κ2) is 7.63. The van der Waals surface area contributed by atoms with Crippen LogP contribution in [0.4, 0.5) is 0 Å². The van der Waals surface area contributed by atoms with Gasteiger partial charge in [0.25, 0.3) is 0 Å². The van der Waals surface area contributed by atoms with E-state index in [1.165, 1.54) is 11.3 Å². The van der Waals surface area contributed by atoms with E-state index in [-0.39, 0.29) is 0 Å². The Labute approximate surface area is 160 Å². The van der Waals surface area contributed by atoms with Crippen molar-refractivity contribution in [2.24, 2.45) is 0 Å². The molecule has 2 aromatic heterocycles. The van der Waals surface area contributed by atoms with Crippen LogP contribution in [0.2, 0.25) is 0 Å². The van der Waals surface area contributed by atoms with Crippen molar-refractivity contribution in [3.63, 3.8) is 0 Å². The van der Waals surface area contributed by atoms with Gasteiger partial charge in [-0.25, -0.2) is 0 Å². The molecule has 0 spiro atoms. The summed E-state index contributed by atoms with van der Waals surface area (Å²) in [5.41, 5.74) is 1.12. The Bertz CT molecular complexity index is 1040. The molecule has 0 radical (unpaired) electrons. The summed E-state index contributed by atoms with van der Waals surface area (Å²) in [6.07, 6.45) is 0.641. The number of nitrogens with zero attached hydrogens (tertiary/aromatic N) is 4. The van der Waals surface area contributed by atoms with Crippen molar-refractivity contribution in [2.75, 3.05) is 14.2 Å². The molecule has 0 saturated heterocycles. The molecule has 0 saturated carbocycles. The molecule has 4 aromatic rings. The molecule has 0 unspecified atom stereocenters. The van der Waals surface area contributed by atoms with Gasteiger partial charge in [-0.2, -0.15) is 9.61 Å². The average Bonchev–Trinajstić information content (AvgIpc) is 3.28. The van der Waals surface area contributed by atoms with E-state index >= 15 is 0 Å². The van der Waals surface area contributed by atoms with Crippen LogP contribution < -0.4 is 14.2 Å². The zero-order valence-electron chi connectivity index (χ0n) is 15.0. The molecule has 0 aliphatic rings. The summed E-state index contributed by atoms with van der Waals surface area (Å²) in [4.78, 5) is 0.747. The Balaban J connectivity index is 1.49. The first-order valence-electron chi connectivity index (χ1n) is 8.35. The lowest BCUT2D eigenvalue weighted by atomic mass is 10.1. The van der Waals surface area contributed by atoms with E-state index in [2.05, 4.69) is 15.3 Å². The second-order valence-corrected chi connectivity index (χ2v) is 6.81. The fraction of sp³-hybridized carbons (Fsp3) is 0.211. The zero-order valence-corrected chi connectivity index (χ0v) is 15.8. The molecule has 27 heavy (non-hydrogen) atoms. The van der Waals surface area contributed by atoms with Crippen molar-refractivity contribution in [3.05, 3.63) is 64.9 Å². The first-order chi connectivity index (χ1) is 13.3. The Kier molecular flexibility index (Phi) is 4.88. The summed E-state index contributed by atoms with van der Waals surface area (Å²) >= 11 is 1.46. The summed E-state index contributed by atoms with van der Waals surface area (Å²) < 4.78 is 18.1. The smallest absolute Gasteiger partial charge is 0.234 e. The molecule has 4 rings (SSSR count). The van der Waals surface area contributed by atoms with Crippen molar-refractivity contribution in [1.82, 2.24) is 19.8 Å². The van der Waals surface area contributed by atoms with Crippen molar-refractivity contribution >= 4 is 16.3 Å². The van der Waals surface area contributed by atoms with E-state index in [1.54, 1.807) is 18.7 Å². The van der Waals surface area contributed by atoms with Crippen LogP contribution >= 0.6 is 11.3 Å². The van der Waals surface area contributed by atoms with Crippen LogP contribution in [0.3, 0.4) is 0 Å². The molecule has 0 atom stereocenters. The first-order valence-corrected chi connectivity index (χ1v) is 9.17. The quantitative estimate of drug-likeness (QED) is 0.488. The summed E-state index contributed by atoms with van der Waals surface area (Å²) in [5, 5.41) is 13.9. The molecule has 0 fully saturated rings. The van der Waals surface area contributed by atoms with Crippen molar-refractivity contribution in [2.45, 2.75) is 13.0 Å². The van der Waals surface area contributed by atoms with Gasteiger partial charge in [0, 0.05) is 6.42 Å². The van der Waals surface area contributed by atoms with Gasteiger partial charge in [-0.3, -0.25) is 0 Å². The third-order valence-electron chi connectivity index (χ3n) is 4.04. The number of benzene rings is 2. The molecule has 0 aliphatic heterocycles. The molecule has 0 aliphatic carbocycles. The second-order valence-electron chi connectivity index (χ2n) is 5.77.